The van der Waals surface area contributed by atoms with E-state index in [4.69, 9.17) is 9.84 Å². The van der Waals surface area contributed by atoms with Crippen molar-refractivity contribution in [3.8, 4) is 0 Å². The van der Waals surface area contributed by atoms with Gasteiger partial charge in [0.25, 0.3) is 0 Å². The second-order valence-corrected chi connectivity index (χ2v) is 14.6. The second kappa shape index (κ2) is 39.7. The second-order valence-electron chi connectivity index (χ2n) is 14.6. The molecule has 0 aliphatic carbocycles. The van der Waals surface area contributed by atoms with Crippen LogP contribution >= 0.6 is 0 Å². The van der Waals surface area contributed by atoms with E-state index in [1.54, 1.807) is 0 Å². The molecule has 0 aliphatic heterocycles. The molecule has 1 atom stereocenters. The maximum absolute atomic E-state index is 12.7. The number of esters is 1. The van der Waals surface area contributed by atoms with Crippen molar-refractivity contribution in [2.45, 2.75) is 232 Å². The first-order chi connectivity index (χ1) is 24.5. The summed E-state index contributed by atoms with van der Waals surface area (Å²) in [5.74, 6) is -1.25. The zero-order chi connectivity index (χ0) is 36.6. The van der Waals surface area contributed by atoms with Gasteiger partial charge in [-0.25, -0.2) is 0 Å². The normalized spacial score (nSPS) is 12.2. The molecule has 0 aromatic heterocycles. The van der Waals surface area contributed by atoms with E-state index in [1.165, 1.54) is 128 Å². The van der Waals surface area contributed by atoms with Crippen LogP contribution in [0.2, 0.25) is 0 Å². The molecule has 0 rings (SSSR count). The Labute approximate surface area is 309 Å². The summed E-state index contributed by atoms with van der Waals surface area (Å²) in [6.07, 6.45) is 47.3. The Balaban J connectivity index is 4.21. The van der Waals surface area contributed by atoms with Gasteiger partial charge in [-0.05, 0) is 83.5 Å². The first-order valence-electron chi connectivity index (χ1n) is 21.5. The summed E-state index contributed by atoms with van der Waals surface area (Å²) in [7, 11) is 0. The van der Waals surface area contributed by atoms with Gasteiger partial charge in [0.1, 0.15) is 12.6 Å². The van der Waals surface area contributed by atoms with Crippen LogP contribution in [0.1, 0.15) is 226 Å². The smallest absolute Gasteiger partial charge is 0.322 e. The molecule has 292 valence electrons. The number of aliphatic carboxylic acids is 1. The maximum Gasteiger partial charge on any atom is 0.322 e. The topological polar surface area (TPSA) is 92.7 Å². The summed E-state index contributed by atoms with van der Waals surface area (Å²) in [5, 5.41) is 11.1. The fourth-order valence-electron chi connectivity index (χ4n) is 6.39. The molecule has 0 saturated carbocycles. The Morgan fingerprint density at radius 2 is 0.880 bits per heavy atom. The number of ether oxygens (including phenoxy) is 1. The van der Waals surface area contributed by atoms with Crippen molar-refractivity contribution in [2.24, 2.45) is 0 Å². The van der Waals surface area contributed by atoms with E-state index >= 15 is 0 Å². The van der Waals surface area contributed by atoms with Gasteiger partial charge in [0.15, 0.2) is 0 Å². The van der Waals surface area contributed by atoms with E-state index in [-0.39, 0.29) is 24.5 Å². The molecule has 0 aromatic carbocycles. The summed E-state index contributed by atoms with van der Waals surface area (Å²) >= 11 is 0. The van der Waals surface area contributed by atoms with E-state index in [0.717, 1.165) is 70.6 Å². The number of hydrogen-bond donors (Lipinski definition) is 2. The molecule has 0 spiro atoms. The molecule has 50 heavy (non-hydrogen) atoms. The number of hydrogen-bond acceptors (Lipinski definition) is 4. The van der Waals surface area contributed by atoms with Crippen LogP contribution < -0.4 is 5.32 Å². The molecule has 1 unspecified atom stereocenters. The fraction of sp³-hybridized carbons (Fsp3) is 0.841. The number of carboxylic acid groups (broad SMARTS) is 1. The van der Waals surface area contributed by atoms with Crippen LogP contribution in [0, 0.1) is 0 Å². The molecule has 0 saturated heterocycles. The predicted molar refractivity (Wildman–Crippen MR) is 213 cm³/mol. The molecule has 6 nitrogen and oxygen atoms in total. The molecule has 0 bridgehead atoms. The van der Waals surface area contributed by atoms with Gasteiger partial charge in [-0.2, -0.15) is 0 Å². The third-order valence-corrected chi connectivity index (χ3v) is 9.60. The van der Waals surface area contributed by atoms with Gasteiger partial charge >= 0.3 is 11.9 Å². The Bertz CT molecular complexity index is 823. The Hall–Kier alpha value is -2.11. The molecular formula is C44H81NO5. The van der Waals surface area contributed by atoms with Crippen molar-refractivity contribution in [2.75, 3.05) is 6.54 Å². The van der Waals surface area contributed by atoms with Gasteiger partial charge in [-0.1, -0.05) is 154 Å². The Morgan fingerprint density at radius 1 is 0.500 bits per heavy atom. The largest absolute Gasteiger partial charge is 0.480 e. The highest BCUT2D eigenvalue weighted by molar-refractivity contribution is 5.80. The summed E-state index contributed by atoms with van der Waals surface area (Å²) in [6, 6.07) is 0. The van der Waals surface area contributed by atoms with E-state index in [1.807, 2.05) is 0 Å². The summed E-state index contributed by atoms with van der Waals surface area (Å²) < 4.78 is 6.01. The molecule has 0 aliphatic rings. The van der Waals surface area contributed by atoms with Crippen LogP contribution in [0.25, 0.3) is 0 Å². The maximum atomic E-state index is 12.7. The number of unbranched alkanes of at least 4 members (excludes halogenated alkanes) is 24. The zero-order valence-electron chi connectivity index (χ0n) is 33.0. The summed E-state index contributed by atoms with van der Waals surface area (Å²) in [6.45, 7) is 4.22. The number of carbonyl (C=O) groups excluding carboxylic acids is 2. The molecule has 6 heteroatoms. The number of carboxylic acids is 1. The van der Waals surface area contributed by atoms with Gasteiger partial charge in [-0.15, -0.1) is 0 Å². The van der Waals surface area contributed by atoms with Crippen LogP contribution in [-0.4, -0.2) is 35.6 Å². The van der Waals surface area contributed by atoms with Gasteiger partial charge in [0.05, 0.1) is 0 Å². The quantitative estimate of drug-likeness (QED) is 0.0378. The van der Waals surface area contributed by atoms with E-state index < -0.39 is 5.97 Å². The van der Waals surface area contributed by atoms with Crippen molar-refractivity contribution in [3.63, 3.8) is 0 Å². The van der Waals surface area contributed by atoms with Gasteiger partial charge in [-0.3, -0.25) is 14.4 Å². The van der Waals surface area contributed by atoms with E-state index in [2.05, 4.69) is 43.5 Å². The zero-order valence-corrected chi connectivity index (χ0v) is 33.0. The number of rotatable bonds is 39. The van der Waals surface area contributed by atoms with Crippen molar-refractivity contribution < 1.29 is 24.2 Å². The van der Waals surface area contributed by atoms with Crippen LogP contribution in [-0.2, 0) is 19.1 Å². The minimum Gasteiger partial charge on any atom is -0.480 e. The Kier molecular flexibility index (Phi) is 38.0. The minimum absolute atomic E-state index is 0.00599. The average molecular weight is 704 g/mol. The lowest BCUT2D eigenvalue weighted by Gasteiger charge is -2.18. The summed E-state index contributed by atoms with van der Waals surface area (Å²) in [5.41, 5.74) is 0. The molecule has 0 fully saturated rings. The van der Waals surface area contributed by atoms with Gasteiger partial charge in [0.2, 0.25) is 5.91 Å². The SMILES string of the molecule is CCCCCCCC/C=C\CCCCCCCC(=O)OC(CCC/C=C\CCCCCCCCCC)CCCCCCCC(=O)NCC(=O)O. The third kappa shape index (κ3) is 38.7. The Morgan fingerprint density at radius 3 is 1.36 bits per heavy atom. The first-order valence-corrected chi connectivity index (χ1v) is 21.5. The molecule has 0 heterocycles. The average Bonchev–Trinajstić information content (AvgIpc) is 3.10. The number of carbonyl (C=O) groups is 3. The van der Waals surface area contributed by atoms with Crippen molar-refractivity contribution >= 4 is 17.8 Å². The molecule has 1 amide bonds. The lowest BCUT2D eigenvalue weighted by Crippen LogP contribution is -2.28. The highest BCUT2D eigenvalue weighted by Crippen LogP contribution is 2.18. The van der Waals surface area contributed by atoms with Crippen LogP contribution in [0.5, 0.6) is 0 Å². The first kappa shape index (κ1) is 47.9. The molecule has 0 aromatic rings. The lowest BCUT2D eigenvalue weighted by atomic mass is 10.0. The van der Waals surface area contributed by atoms with Gasteiger partial charge in [0, 0.05) is 12.8 Å². The lowest BCUT2D eigenvalue weighted by molar-refractivity contribution is -0.150. The monoisotopic (exact) mass is 704 g/mol. The van der Waals surface area contributed by atoms with Crippen LogP contribution in [0.4, 0.5) is 0 Å². The molecule has 0 radical (unpaired) electrons. The van der Waals surface area contributed by atoms with Gasteiger partial charge < -0.3 is 15.2 Å². The van der Waals surface area contributed by atoms with Crippen molar-refractivity contribution in [1.82, 2.24) is 5.32 Å². The highest BCUT2D eigenvalue weighted by atomic mass is 16.5. The fourth-order valence-corrected chi connectivity index (χ4v) is 6.39. The van der Waals surface area contributed by atoms with Crippen molar-refractivity contribution in [1.29, 1.82) is 0 Å². The predicted octanol–water partition coefficient (Wildman–Crippen LogP) is 13.1. The highest BCUT2D eigenvalue weighted by Gasteiger charge is 2.14. The van der Waals surface area contributed by atoms with E-state index in [9.17, 15) is 14.4 Å². The number of amides is 1. The van der Waals surface area contributed by atoms with E-state index in [0.29, 0.717) is 12.8 Å². The number of nitrogens with one attached hydrogen (secondary N) is 1. The van der Waals surface area contributed by atoms with Crippen molar-refractivity contribution in [3.05, 3.63) is 24.3 Å². The molecular weight excluding hydrogens is 622 g/mol. The standard InChI is InChI=1S/C44H81NO5/c1-3-5-7-9-11-13-15-17-18-20-22-24-26-31-35-39-44(49)50-41(37-33-29-27-30-34-38-42(46)45-40-43(47)48)36-32-28-25-23-21-19-16-14-12-10-8-6-4-2/h17-18,23,25,41H,3-16,19-22,24,26-40H2,1-2H3,(H,45,46)(H,47,48)/b18-17-,25-23-. The van der Waals surface area contributed by atoms with Crippen LogP contribution in [0.15, 0.2) is 24.3 Å². The number of allylic oxidation sites excluding steroid dienone is 4. The minimum atomic E-state index is -1.02. The van der Waals surface area contributed by atoms with Crippen LogP contribution in [0.3, 0.4) is 0 Å². The molecule has 2 N–H and O–H groups in total. The summed E-state index contributed by atoms with van der Waals surface area (Å²) in [4.78, 5) is 35.0. The third-order valence-electron chi connectivity index (χ3n) is 9.60.